The zero-order valence-corrected chi connectivity index (χ0v) is 15.2. The Balaban J connectivity index is 1.35. The van der Waals surface area contributed by atoms with Crippen LogP contribution in [0.5, 0.6) is 0 Å². The number of aromatic nitrogens is 1. The Hall–Kier alpha value is -2.14. The summed E-state index contributed by atoms with van der Waals surface area (Å²) in [4.78, 5) is 17.8. The van der Waals surface area contributed by atoms with Crippen LogP contribution in [0, 0.1) is 12.8 Å². The maximum Gasteiger partial charge on any atom is 0.259 e. The quantitative estimate of drug-likeness (QED) is 0.835. The number of piperidine rings is 1. The van der Waals surface area contributed by atoms with Gasteiger partial charge in [0.05, 0.1) is 6.20 Å². The van der Waals surface area contributed by atoms with Crippen molar-refractivity contribution in [2.24, 2.45) is 5.92 Å². The van der Waals surface area contributed by atoms with Crippen molar-refractivity contribution in [2.75, 3.05) is 19.6 Å². The van der Waals surface area contributed by atoms with E-state index in [4.69, 9.17) is 4.52 Å². The lowest BCUT2D eigenvalue weighted by Crippen LogP contribution is -2.48. The Kier molecular flexibility index (Phi) is 3.85. The van der Waals surface area contributed by atoms with E-state index in [2.05, 4.69) is 39.2 Å². The van der Waals surface area contributed by atoms with Gasteiger partial charge in [-0.2, -0.15) is 0 Å². The van der Waals surface area contributed by atoms with Crippen LogP contribution in [0.15, 0.2) is 35.0 Å². The fourth-order valence-corrected chi connectivity index (χ4v) is 5.12. The molecule has 1 aliphatic carbocycles. The third kappa shape index (κ3) is 2.65. The summed E-state index contributed by atoms with van der Waals surface area (Å²) in [6.45, 7) is 4.79. The molecule has 0 radical (unpaired) electrons. The molecule has 1 aromatic heterocycles. The number of nitrogens with zero attached hydrogens (tertiary/aromatic N) is 3. The molecule has 5 nitrogen and oxygen atoms in total. The SMILES string of the molecule is Cc1oncc1C(=O)N1C[C@H]2CC[C@@H]1CN(C1Cc3ccccc3C1)C2. The molecular weight excluding hydrogens is 326 g/mol. The number of carbonyl (C=O) groups is 1. The van der Waals surface area contributed by atoms with E-state index in [1.54, 1.807) is 6.20 Å². The minimum atomic E-state index is 0.0926. The predicted molar refractivity (Wildman–Crippen MR) is 98.0 cm³/mol. The Morgan fingerprint density at radius 2 is 1.85 bits per heavy atom. The summed E-state index contributed by atoms with van der Waals surface area (Å²) in [6, 6.07) is 9.73. The minimum Gasteiger partial charge on any atom is -0.361 e. The van der Waals surface area contributed by atoms with E-state index >= 15 is 0 Å². The Bertz CT molecular complexity index is 805. The number of carbonyl (C=O) groups excluding carboxylic acids is 1. The molecule has 5 heteroatoms. The molecule has 3 saturated heterocycles. The highest BCUT2D eigenvalue weighted by Gasteiger charge is 2.40. The molecule has 136 valence electrons. The van der Waals surface area contributed by atoms with Crippen LogP contribution in [0.4, 0.5) is 0 Å². The maximum absolute atomic E-state index is 13.0. The van der Waals surface area contributed by atoms with E-state index in [0.717, 1.165) is 38.9 Å². The highest BCUT2D eigenvalue weighted by atomic mass is 16.5. The van der Waals surface area contributed by atoms with Crippen molar-refractivity contribution in [1.82, 2.24) is 15.0 Å². The molecule has 1 amide bonds. The van der Waals surface area contributed by atoms with E-state index in [1.807, 2.05) is 6.92 Å². The number of aryl methyl sites for hydroxylation is 1. The lowest BCUT2D eigenvalue weighted by Gasteiger charge is -2.36. The summed E-state index contributed by atoms with van der Waals surface area (Å²) in [7, 11) is 0. The fourth-order valence-electron chi connectivity index (χ4n) is 5.12. The number of hydrogen-bond donors (Lipinski definition) is 0. The molecule has 2 atom stereocenters. The van der Waals surface area contributed by atoms with Gasteiger partial charge in [0, 0.05) is 31.7 Å². The molecule has 0 unspecified atom stereocenters. The Morgan fingerprint density at radius 3 is 2.54 bits per heavy atom. The highest BCUT2D eigenvalue weighted by molar-refractivity contribution is 5.95. The molecule has 3 fully saturated rings. The average molecular weight is 351 g/mol. The number of amides is 1. The minimum absolute atomic E-state index is 0.0926. The predicted octanol–water partition coefficient (Wildman–Crippen LogP) is 2.69. The monoisotopic (exact) mass is 351 g/mol. The van der Waals surface area contributed by atoms with Gasteiger partial charge in [-0.3, -0.25) is 9.69 Å². The number of hydrogen-bond acceptors (Lipinski definition) is 4. The smallest absolute Gasteiger partial charge is 0.259 e. The molecule has 2 aromatic rings. The van der Waals surface area contributed by atoms with Crippen molar-refractivity contribution >= 4 is 5.91 Å². The van der Waals surface area contributed by atoms with E-state index < -0.39 is 0 Å². The second kappa shape index (κ2) is 6.23. The average Bonchev–Trinajstić information content (AvgIpc) is 3.17. The molecule has 0 N–H and O–H groups in total. The topological polar surface area (TPSA) is 49.6 Å². The van der Waals surface area contributed by atoms with Crippen molar-refractivity contribution in [1.29, 1.82) is 0 Å². The van der Waals surface area contributed by atoms with Crippen molar-refractivity contribution < 1.29 is 9.32 Å². The summed E-state index contributed by atoms with van der Waals surface area (Å²) >= 11 is 0. The Morgan fingerprint density at radius 1 is 1.08 bits per heavy atom. The standard InChI is InChI=1S/C21H25N3O2/c1-14-20(10-22-26-14)21(25)24-12-15-6-7-18(24)13-23(11-15)19-8-16-4-2-3-5-17(16)9-19/h2-5,10,15,18-19H,6-9,11-13H2,1H3/t15-,18+/m0/s1. The first-order valence-corrected chi connectivity index (χ1v) is 9.72. The zero-order valence-electron chi connectivity index (χ0n) is 15.2. The van der Waals surface area contributed by atoms with Gasteiger partial charge >= 0.3 is 0 Å². The normalized spacial score (nSPS) is 26.1. The lowest BCUT2D eigenvalue weighted by molar-refractivity contribution is 0.0580. The third-order valence-corrected chi connectivity index (χ3v) is 6.53. The van der Waals surface area contributed by atoms with Gasteiger partial charge in [0.2, 0.25) is 0 Å². The van der Waals surface area contributed by atoms with Crippen LogP contribution in [0.3, 0.4) is 0 Å². The Labute approximate surface area is 153 Å². The van der Waals surface area contributed by atoms with Crippen LogP contribution in [0.2, 0.25) is 0 Å². The third-order valence-electron chi connectivity index (χ3n) is 6.53. The van der Waals surface area contributed by atoms with Crippen LogP contribution in [0.1, 0.15) is 40.1 Å². The summed E-state index contributed by atoms with van der Waals surface area (Å²) in [5.41, 5.74) is 3.63. The molecule has 3 aliphatic heterocycles. The van der Waals surface area contributed by atoms with Crippen LogP contribution < -0.4 is 0 Å². The van der Waals surface area contributed by atoms with Crippen LogP contribution >= 0.6 is 0 Å². The molecule has 0 saturated carbocycles. The highest BCUT2D eigenvalue weighted by Crippen LogP contribution is 2.33. The van der Waals surface area contributed by atoms with Crippen molar-refractivity contribution in [3.8, 4) is 0 Å². The molecule has 26 heavy (non-hydrogen) atoms. The largest absolute Gasteiger partial charge is 0.361 e. The van der Waals surface area contributed by atoms with Gasteiger partial charge in [-0.25, -0.2) is 0 Å². The molecule has 4 aliphatic rings. The van der Waals surface area contributed by atoms with Crippen molar-refractivity contribution in [3.63, 3.8) is 0 Å². The molecule has 1 aromatic carbocycles. The number of fused-ring (bicyclic) bond motifs is 5. The van der Waals surface area contributed by atoms with Gasteiger partial charge in [-0.15, -0.1) is 0 Å². The zero-order chi connectivity index (χ0) is 17.7. The molecule has 4 heterocycles. The van der Waals surface area contributed by atoms with E-state index in [1.165, 1.54) is 17.5 Å². The molecular formula is C21H25N3O2. The van der Waals surface area contributed by atoms with Gasteiger partial charge in [-0.05, 0) is 49.7 Å². The van der Waals surface area contributed by atoms with Gasteiger partial charge in [0.25, 0.3) is 5.91 Å². The fraction of sp³-hybridized carbons (Fsp3) is 0.524. The first-order valence-electron chi connectivity index (χ1n) is 9.72. The maximum atomic E-state index is 13.0. The first kappa shape index (κ1) is 16.1. The summed E-state index contributed by atoms with van der Waals surface area (Å²) in [5.74, 6) is 1.29. The molecule has 6 rings (SSSR count). The van der Waals surface area contributed by atoms with Crippen LogP contribution in [-0.4, -0.2) is 52.6 Å². The summed E-state index contributed by atoms with van der Waals surface area (Å²) in [6.07, 6.45) is 6.20. The second-order valence-electron chi connectivity index (χ2n) is 8.14. The van der Waals surface area contributed by atoms with Crippen LogP contribution in [-0.2, 0) is 12.8 Å². The second-order valence-corrected chi connectivity index (χ2v) is 8.14. The lowest BCUT2D eigenvalue weighted by atomic mass is 9.94. The van der Waals surface area contributed by atoms with E-state index in [9.17, 15) is 4.79 Å². The van der Waals surface area contributed by atoms with Gasteiger partial charge in [0.15, 0.2) is 0 Å². The summed E-state index contributed by atoms with van der Waals surface area (Å²) in [5, 5.41) is 3.79. The van der Waals surface area contributed by atoms with Gasteiger partial charge < -0.3 is 9.42 Å². The molecule has 0 spiro atoms. The van der Waals surface area contributed by atoms with Crippen molar-refractivity contribution in [2.45, 2.75) is 44.7 Å². The summed E-state index contributed by atoms with van der Waals surface area (Å²) < 4.78 is 5.12. The van der Waals surface area contributed by atoms with E-state index in [0.29, 0.717) is 29.3 Å². The van der Waals surface area contributed by atoms with Gasteiger partial charge in [0.1, 0.15) is 11.3 Å². The van der Waals surface area contributed by atoms with Crippen LogP contribution in [0.25, 0.3) is 0 Å². The van der Waals surface area contributed by atoms with Crippen molar-refractivity contribution in [3.05, 3.63) is 52.9 Å². The number of benzene rings is 1. The number of rotatable bonds is 2. The molecule has 2 bridgehead atoms. The first-order chi connectivity index (χ1) is 12.7. The van der Waals surface area contributed by atoms with E-state index in [-0.39, 0.29) is 5.91 Å². The van der Waals surface area contributed by atoms with Gasteiger partial charge in [-0.1, -0.05) is 29.4 Å².